The van der Waals surface area contributed by atoms with E-state index in [4.69, 9.17) is 5.73 Å². The molecular weight excluding hydrogens is 369 g/mol. The van der Waals surface area contributed by atoms with Gasteiger partial charge in [-0.25, -0.2) is 4.39 Å². The van der Waals surface area contributed by atoms with Gasteiger partial charge in [-0.2, -0.15) is 0 Å². The van der Waals surface area contributed by atoms with E-state index in [1.165, 1.54) is 6.07 Å². The second-order valence-corrected chi connectivity index (χ2v) is 7.07. The Hall–Kier alpha value is -0.230. The molecule has 0 bridgehead atoms. The largest absolute Gasteiger partial charge is 0.320 e. The molecule has 0 fully saturated rings. The molecule has 0 radical (unpaired) electrons. The molecule has 2 aromatic rings. The van der Waals surface area contributed by atoms with Crippen LogP contribution in [0.25, 0.3) is 0 Å². The van der Waals surface area contributed by atoms with Crippen molar-refractivity contribution in [2.45, 2.75) is 13.0 Å². The van der Waals surface area contributed by atoms with Crippen molar-refractivity contribution in [2.24, 2.45) is 5.73 Å². The fraction of sp³-hybridized carbons (Fsp3) is 0.167. The first-order chi connectivity index (χ1) is 7.99. The van der Waals surface area contributed by atoms with E-state index in [-0.39, 0.29) is 5.82 Å². The predicted molar refractivity (Wildman–Crippen MR) is 76.9 cm³/mol. The fourth-order valence-electron chi connectivity index (χ4n) is 1.54. The molecule has 0 spiro atoms. The summed E-state index contributed by atoms with van der Waals surface area (Å²) >= 11 is 8.22. The molecule has 0 saturated carbocycles. The van der Waals surface area contributed by atoms with Gasteiger partial charge in [-0.15, -0.1) is 11.3 Å². The van der Waals surface area contributed by atoms with Crippen LogP contribution >= 0.6 is 43.2 Å². The zero-order chi connectivity index (χ0) is 12.6. The number of nitrogens with two attached hydrogens (primary N) is 1. The Balaban J connectivity index is 2.39. The van der Waals surface area contributed by atoms with Crippen molar-refractivity contribution >= 4 is 43.2 Å². The lowest BCUT2D eigenvalue weighted by Gasteiger charge is -2.11. The number of hydrogen-bond acceptors (Lipinski definition) is 2. The molecule has 0 aliphatic heterocycles. The van der Waals surface area contributed by atoms with E-state index in [1.807, 2.05) is 13.0 Å². The van der Waals surface area contributed by atoms with Crippen LogP contribution in [-0.2, 0) is 0 Å². The van der Waals surface area contributed by atoms with Crippen molar-refractivity contribution in [1.29, 1.82) is 0 Å². The molecule has 17 heavy (non-hydrogen) atoms. The molecule has 1 heterocycles. The van der Waals surface area contributed by atoms with Gasteiger partial charge < -0.3 is 5.73 Å². The SMILES string of the molecule is Cc1cc(C(N)c2ccc(Br)cc2F)sc1Br. The van der Waals surface area contributed by atoms with Crippen LogP contribution in [0.15, 0.2) is 32.5 Å². The topological polar surface area (TPSA) is 26.0 Å². The lowest BCUT2D eigenvalue weighted by Crippen LogP contribution is -2.12. The smallest absolute Gasteiger partial charge is 0.129 e. The van der Waals surface area contributed by atoms with Crippen LogP contribution in [0.4, 0.5) is 4.39 Å². The summed E-state index contributed by atoms with van der Waals surface area (Å²) in [5, 5.41) is 0. The Kier molecular flexibility index (Phi) is 4.02. The van der Waals surface area contributed by atoms with Gasteiger partial charge >= 0.3 is 0 Å². The summed E-state index contributed by atoms with van der Waals surface area (Å²) in [5.74, 6) is -0.283. The van der Waals surface area contributed by atoms with Crippen molar-refractivity contribution in [3.8, 4) is 0 Å². The van der Waals surface area contributed by atoms with Gasteiger partial charge in [0.15, 0.2) is 0 Å². The number of benzene rings is 1. The minimum atomic E-state index is -0.418. The maximum Gasteiger partial charge on any atom is 0.129 e. The average molecular weight is 379 g/mol. The van der Waals surface area contributed by atoms with Crippen molar-refractivity contribution in [1.82, 2.24) is 0 Å². The van der Waals surface area contributed by atoms with Crippen LogP contribution in [0.3, 0.4) is 0 Å². The van der Waals surface area contributed by atoms with Crippen LogP contribution in [-0.4, -0.2) is 0 Å². The van der Waals surface area contributed by atoms with Gasteiger partial charge in [-0.1, -0.05) is 22.0 Å². The zero-order valence-electron chi connectivity index (χ0n) is 9.01. The van der Waals surface area contributed by atoms with E-state index in [0.29, 0.717) is 5.56 Å². The average Bonchev–Trinajstić information content (AvgIpc) is 2.58. The molecule has 0 saturated heterocycles. The zero-order valence-corrected chi connectivity index (χ0v) is 13.0. The van der Waals surface area contributed by atoms with Crippen LogP contribution < -0.4 is 5.73 Å². The summed E-state index contributed by atoms with van der Waals surface area (Å²) < 4.78 is 15.5. The van der Waals surface area contributed by atoms with Gasteiger partial charge in [0.25, 0.3) is 0 Å². The molecule has 0 aliphatic rings. The van der Waals surface area contributed by atoms with Crippen molar-refractivity contribution < 1.29 is 4.39 Å². The third-order valence-electron chi connectivity index (χ3n) is 2.48. The first-order valence-corrected chi connectivity index (χ1v) is 7.35. The number of hydrogen-bond donors (Lipinski definition) is 1. The van der Waals surface area contributed by atoms with Crippen LogP contribution in [0.1, 0.15) is 22.0 Å². The lowest BCUT2D eigenvalue weighted by atomic mass is 10.1. The summed E-state index contributed by atoms with van der Waals surface area (Å²) in [5.41, 5.74) is 7.72. The molecule has 1 unspecified atom stereocenters. The molecule has 1 aromatic heterocycles. The Labute approximate surface area is 120 Å². The van der Waals surface area contributed by atoms with Gasteiger partial charge in [0.05, 0.1) is 9.83 Å². The third-order valence-corrected chi connectivity index (χ3v) is 5.19. The lowest BCUT2D eigenvalue weighted by molar-refractivity contribution is 0.600. The minimum absolute atomic E-state index is 0.283. The molecule has 2 N–H and O–H groups in total. The maximum atomic E-state index is 13.8. The fourth-order valence-corrected chi connectivity index (χ4v) is 3.47. The highest BCUT2D eigenvalue weighted by Gasteiger charge is 2.16. The summed E-state index contributed by atoms with van der Waals surface area (Å²) in [7, 11) is 0. The molecule has 1 nitrogen and oxygen atoms in total. The predicted octanol–water partition coefficient (Wildman–Crippen LogP) is 4.77. The number of aryl methyl sites for hydroxylation is 1. The standard InChI is InChI=1S/C12H10Br2FNS/c1-6-4-10(17-12(6)14)11(16)8-3-2-7(13)5-9(8)15/h2-5,11H,16H2,1H3. The molecule has 90 valence electrons. The number of thiophene rings is 1. The van der Waals surface area contributed by atoms with E-state index in [9.17, 15) is 4.39 Å². The monoisotopic (exact) mass is 377 g/mol. The summed E-state index contributed by atoms with van der Waals surface area (Å²) in [6.07, 6.45) is 0. The minimum Gasteiger partial charge on any atom is -0.320 e. The Morgan fingerprint density at radius 3 is 2.53 bits per heavy atom. The van der Waals surface area contributed by atoms with Gasteiger partial charge in [0.1, 0.15) is 5.82 Å². The van der Waals surface area contributed by atoms with Crippen molar-refractivity contribution in [3.63, 3.8) is 0 Å². The summed E-state index contributed by atoms with van der Waals surface area (Å²) in [6, 6.07) is 6.52. The molecule has 2 rings (SSSR count). The van der Waals surface area contributed by atoms with E-state index < -0.39 is 6.04 Å². The molecule has 1 aromatic carbocycles. The molecule has 0 aliphatic carbocycles. The third kappa shape index (κ3) is 2.78. The van der Waals surface area contributed by atoms with Gasteiger partial charge in [0.2, 0.25) is 0 Å². The van der Waals surface area contributed by atoms with Crippen molar-refractivity contribution in [2.75, 3.05) is 0 Å². The highest BCUT2D eigenvalue weighted by Crippen LogP contribution is 2.34. The van der Waals surface area contributed by atoms with Crippen LogP contribution in [0.2, 0.25) is 0 Å². The van der Waals surface area contributed by atoms with Gasteiger partial charge in [-0.3, -0.25) is 0 Å². The molecule has 5 heteroatoms. The Bertz CT molecular complexity index is 534. The van der Waals surface area contributed by atoms with Crippen molar-refractivity contribution in [3.05, 3.63) is 54.3 Å². The normalized spacial score (nSPS) is 12.8. The summed E-state index contributed by atoms with van der Waals surface area (Å²) in [4.78, 5) is 0.954. The van der Waals surface area contributed by atoms with E-state index in [2.05, 4.69) is 31.9 Å². The van der Waals surface area contributed by atoms with Crippen LogP contribution in [0, 0.1) is 12.7 Å². The second-order valence-electron chi connectivity index (χ2n) is 3.75. The van der Waals surface area contributed by atoms with E-state index >= 15 is 0 Å². The van der Waals surface area contributed by atoms with Gasteiger partial charge in [0, 0.05) is 14.9 Å². The molecule has 1 atom stereocenters. The second kappa shape index (κ2) is 5.18. The Morgan fingerprint density at radius 1 is 1.29 bits per heavy atom. The molecule has 0 amide bonds. The first kappa shape index (κ1) is 13.2. The highest BCUT2D eigenvalue weighted by atomic mass is 79.9. The molecular formula is C12H10Br2FNS. The van der Waals surface area contributed by atoms with E-state index in [0.717, 1.165) is 18.7 Å². The number of rotatable bonds is 2. The quantitative estimate of drug-likeness (QED) is 0.800. The summed E-state index contributed by atoms with van der Waals surface area (Å²) in [6.45, 7) is 1.99. The maximum absolute atomic E-state index is 13.8. The highest BCUT2D eigenvalue weighted by molar-refractivity contribution is 9.11. The Morgan fingerprint density at radius 2 is 2.00 bits per heavy atom. The van der Waals surface area contributed by atoms with Gasteiger partial charge in [-0.05, 0) is 46.6 Å². The number of halogens is 3. The van der Waals surface area contributed by atoms with E-state index in [1.54, 1.807) is 23.5 Å². The first-order valence-electron chi connectivity index (χ1n) is 4.95. The van der Waals surface area contributed by atoms with Crippen LogP contribution in [0.5, 0.6) is 0 Å².